The van der Waals surface area contributed by atoms with Crippen molar-refractivity contribution in [3.05, 3.63) is 38.8 Å². The number of amides is 1. The summed E-state index contributed by atoms with van der Waals surface area (Å²) >= 11 is 10.3. The molecule has 5 rings (SSSR count). The summed E-state index contributed by atoms with van der Waals surface area (Å²) in [6.07, 6.45) is 3.96. The Morgan fingerprint density at radius 1 is 1.20 bits per heavy atom. The molecule has 2 aliphatic carbocycles. The molecule has 0 unspecified atom stereocenters. The number of carbonyl (C=O) groups excluding carboxylic acids is 2. The molecule has 1 aromatic carbocycles. The number of ether oxygens (including phenoxy) is 2. The van der Waals surface area contributed by atoms with Crippen LogP contribution in [0, 0.1) is 17.2 Å². The van der Waals surface area contributed by atoms with E-state index in [4.69, 9.17) is 21.1 Å². The van der Waals surface area contributed by atoms with Crippen molar-refractivity contribution >= 4 is 51.0 Å². The van der Waals surface area contributed by atoms with Crippen molar-refractivity contribution in [2.24, 2.45) is 11.3 Å². The summed E-state index contributed by atoms with van der Waals surface area (Å²) in [5.74, 6) is -0.484. The highest BCUT2D eigenvalue weighted by Gasteiger charge is 2.58. The Morgan fingerprint density at radius 3 is 2.52 bits per heavy atom. The first-order valence-corrected chi connectivity index (χ1v) is 14.8. The van der Waals surface area contributed by atoms with Gasteiger partial charge in [0.15, 0.2) is 0 Å². The zero-order valence-electron chi connectivity index (χ0n) is 24.1. The summed E-state index contributed by atoms with van der Waals surface area (Å²) in [6, 6.07) is 1.29. The molecule has 2 fully saturated rings. The van der Waals surface area contributed by atoms with E-state index < -0.39 is 23.1 Å². The fourth-order valence-corrected chi connectivity index (χ4v) is 6.91. The normalized spacial score (nSPS) is 21.4. The van der Waals surface area contributed by atoms with Gasteiger partial charge in [0.1, 0.15) is 17.0 Å². The van der Waals surface area contributed by atoms with Crippen molar-refractivity contribution in [3.8, 4) is 11.1 Å². The third kappa shape index (κ3) is 5.43. The Labute approximate surface area is 248 Å². The van der Waals surface area contributed by atoms with E-state index >= 15 is 4.39 Å². The fourth-order valence-electron chi connectivity index (χ4n) is 6.10. The minimum atomic E-state index is -0.697. The molecular weight excluding hydrogens is 601 g/mol. The number of carbonyl (C=O) groups is 2. The van der Waals surface area contributed by atoms with Gasteiger partial charge in [-0.3, -0.25) is 14.7 Å². The number of hydrogen-bond donors (Lipinski definition) is 0. The van der Waals surface area contributed by atoms with Crippen LogP contribution in [0.25, 0.3) is 11.1 Å². The third-order valence-corrected chi connectivity index (χ3v) is 8.86. The number of halogens is 3. The summed E-state index contributed by atoms with van der Waals surface area (Å²) in [5, 5.41) is 0.0133. The van der Waals surface area contributed by atoms with E-state index in [9.17, 15) is 9.59 Å². The Hall–Kier alpha value is -2.39. The van der Waals surface area contributed by atoms with Crippen LogP contribution in [0.1, 0.15) is 72.1 Å². The SMILES string of the molecule is CN(C(=O)OC(C)(C)C)c1cc(F)c(Cl)c2c1Cc1ncc(Br)c(N3CC[C@@]4(C[C@H]4CC(=O)OC(C)(C)C)C3)c1-2. The zero-order chi connectivity index (χ0) is 29.4. The van der Waals surface area contributed by atoms with Crippen molar-refractivity contribution in [1.82, 2.24) is 4.98 Å². The first-order chi connectivity index (χ1) is 18.5. The molecule has 216 valence electrons. The van der Waals surface area contributed by atoms with Crippen LogP contribution >= 0.6 is 27.5 Å². The van der Waals surface area contributed by atoms with Gasteiger partial charge in [0, 0.05) is 50.3 Å². The maximum Gasteiger partial charge on any atom is 0.414 e. The predicted octanol–water partition coefficient (Wildman–Crippen LogP) is 7.53. The van der Waals surface area contributed by atoms with E-state index in [1.54, 1.807) is 34.0 Å². The smallest absolute Gasteiger partial charge is 0.414 e. The second-order valence-corrected chi connectivity index (χ2v) is 14.5. The van der Waals surface area contributed by atoms with Crippen LogP contribution in [-0.2, 0) is 20.7 Å². The van der Waals surface area contributed by atoms with Gasteiger partial charge in [-0.1, -0.05) is 11.6 Å². The average Bonchev–Trinajstić information content (AvgIpc) is 3.13. The first kappa shape index (κ1) is 29.1. The zero-order valence-corrected chi connectivity index (χ0v) is 26.4. The van der Waals surface area contributed by atoms with Crippen molar-refractivity contribution in [2.45, 2.75) is 78.4 Å². The highest BCUT2D eigenvalue weighted by atomic mass is 79.9. The number of hydrogen-bond acceptors (Lipinski definition) is 6. The first-order valence-electron chi connectivity index (χ1n) is 13.6. The van der Waals surface area contributed by atoms with Gasteiger partial charge in [0.05, 0.1) is 26.6 Å². The van der Waals surface area contributed by atoms with Crippen LogP contribution in [0.15, 0.2) is 16.7 Å². The molecule has 1 saturated carbocycles. The van der Waals surface area contributed by atoms with E-state index in [2.05, 4.69) is 25.8 Å². The van der Waals surface area contributed by atoms with E-state index in [1.807, 2.05) is 20.8 Å². The predicted molar refractivity (Wildman–Crippen MR) is 158 cm³/mol. The Kier molecular flexibility index (Phi) is 7.18. The van der Waals surface area contributed by atoms with Crippen molar-refractivity contribution in [1.29, 1.82) is 0 Å². The van der Waals surface area contributed by atoms with Crippen molar-refractivity contribution in [3.63, 3.8) is 0 Å². The number of aromatic nitrogens is 1. The van der Waals surface area contributed by atoms with E-state index in [-0.39, 0.29) is 22.3 Å². The molecule has 2 atom stereocenters. The van der Waals surface area contributed by atoms with Gasteiger partial charge < -0.3 is 14.4 Å². The quantitative estimate of drug-likeness (QED) is 0.276. The monoisotopic (exact) mass is 635 g/mol. The second kappa shape index (κ2) is 9.86. The molecule has 1 saturated heterocycles. The van der Waals surface area contributed by atoms with Gasteiger partial charge in [-0.05, 0) is 93.3 Å². The largest absolute Gasteiger partial charge is 0.460 e. The molecule has 40 heavy (non-hydrogen) atoms. The van der Waals surface area contributed by atoms with Crippen LogP contribution in [0.4, 0.5) is 20.6 Å². The highest BCUT2D eigenvalue weighted by Crippen LogP contribution is 2.62. The van der Waals surface area contributed by atoms with Gasteiger partial charge in [0.2, 0.25) is 0 Å². The van der Waals surface area contributed by atoms with Gasteiger partial charge in [-0.2, -0.15) is 0 Å². The van der Waals surface area contributed by atoms with Crippen molar-refractivity contribution < 1.29 is 23.5 Å². The lowest BCUT2D eigenvalue weighted by molar-refractivity contribution is -0.155. The molecule has 1 spiro atoms. The number of esters is 1. The minimum Gasteiger partial charge on any atom is -0.460 e. The number of fused-ring (bicyclic) bond motifs is 3. The third-order valence-electron chi connectivity index (χ3n) is 7.91. The lowest BCUT2D eigenvalue weighted by Crippen LogP contribution is -2.34. The van der Waals surface area contributed by atoms with E-state index in [0.717, 1.165) is 52.9 Å². The van der Waals surface area contributed by atoms with Crippen LogP contribution in [-0.4, -0.2) is 48.4 Å². The summed E-state index contributed by atoms with van der Waals surface area (Å²) in [7, 11) is 1.58. The summed E-state index contributed by atoms with van der Waals surface area (Å²) in [6.45, 7) is 12.6. The summed E-state index contributed by atoms with van der Waals surface area (Å²) < 4.78 is 27.2. The Morgan fingerprint density at radius 2 is 1.88 bits per heavy atom. The summed E-state index contributed by atoms with van der Waals surface area (Å²) in [5.41, 5.74) is 3.06. The van der Waals surface area contributed by atoms with Crippen LogP contribution in [0.2, 0.25) is 5.02 Å². The molecule has 0 radical (unpaired) electrons. The molecule has 1 amide bonds. The van der Waals surface area contributed by atoms with Gasteiger partial charge in [-0.15, -0.1) is 0 Å². The van der Waals surface area contributed by atoms with Crippen LogP contribution in [0.3, 0.4) is 0 Å². The maximum absolute atomic E-state index is 15.3. The second-order valence-electron chi connectivity index (χ2n) is 13.3. The standard InChI is InChI=1S/C30H36BrClFN3O4/c1-28(2,3)39-22(37)10-16-13-30(16)8-9-36(15-30)26-18(31)14-34-20-11-17-21(35(7)27(38)40-29(4,5)6)12-19(33)25(32)23(17)24(20)26/h12,14,16H,8-11,13,15H2,1-7H3/t16-,30-/m1/s1. The van der Waals surface area contributed by atoms with E-state index in [0.29, 0.717) is 24.1 Å². The van der Waals surface area contributed by atoms with Crippen LogP contribution in [0.5, 0.6) is 0 Å². The van der Waals surface area contributed by atoms with Crippen molar-refractivity contribution in [2.75, 3.05) is 29.9 Å². The van der Waals surface area contributed by atoms with Gasteiger partial charge in [-0.25, -0.2) is 9.18 Å². The number of anilines is 2. The number of rotatable bonds is 4. The molecule has 1 aromatic heterocycles. The molecule has 0 bridgehead atoms. The maximum atomic E-state index is 15.3. The molecule has 1 aliphatic heterocycles. The average molecular weight is 637 g/mol. The summed E-state index contributed by atoms with van der Waals surface area (Å²) in [4.78, 5) is 33.7. The Balaban J connectivity index is 1.46. The number of nitrogens with zero attached hydrogens (tertiary/aromatic N) is 3. The molecule has 10 heteroatoms. The molecule has 0 N–H and O–H groups in total. The lowest BCUT2D eigenvalue weighted by Gasteiger charge is -2.27. The molecule has 2 aromatic rings. The lowest BCUT2D eigenvalue weighted by atomic mass is 10.0. The van der Waals surface area contributed by atoms with Crippen LogP contribution < -0.4 is 9.80 Å². The van der Waals surface area contributed by atoms with E-state index in [1.165, 1.54) is 11.0 Å². The molecule has 2 heterocycles. The number of benzene rings is 1. The van der Waals surface area contributed by atoms with Gasteiger partial charge in [0.25, 0.3) is 0 Å². The Bertz CT molecular complexity index is 1400. The number of pyridine rings is 1. The molecular formula is C30H36BrClFN3O4. The highest BCUT2D eigenvalue weighted by molar-refractivity contribution is 9.10. The fraction of sp³-hybridized carbons (Fsp3) is 0.567. The van der Waals surface area contributed by atoms with Gasteiger partial charge >= 0.3 is 12.1 Å². The minimum absolute atomic E-state index is 0.0133. The molecule has 7 nitrogen and oxygen atoms in total. The molecule has 3 aliphatic rings. The topological polar surface area (TPSA) is 72.0 Å².